The van der Waals surface area contributed by atoms with Crippen molar-refractivity contribution in [1.82, 2.24) is 10.3 Å². The molecule has 1 amide bonds. The van der Waals surface area contributed by atoms with E-state index in [1.165, 1.54) is 0 Å². The first-order valence-corrected chi connectivity index (χ1v) is 8.57. The number of carbonyl (C=O) groups excluding carboxylic acids is 1. The first-order chi connectivity index (χ1) is 11.6. The first-order valence-electron chi connectivity index (χ1n) is 8.57. The van der Waals surface area contributed by atoms with Crippen molar-refractivity contribution in [3.8, 4) is 11.1 Å². The minimum absolute atomic E-state index is 0. The summed E-state index contributed by atoms with van der Waals surface area (Å²) in [6, 6.07) is 12.1. The van der Waals surface area contributed by atoms with E-state index in [9.17, 15) is 4.79 Å². The van der Waals surface area contributed by atoms with E-state index in [4.69, 9.17) is 5.73 Å². The summed E-state index contributed by atoms with van der Waals surface area (Å²) < 4.78 is 0. The Balaban J connectivity index is 0.00000312. The maximum Gasteiger partial charge on any atom is 0.227 e. The van der Waals surface area contributed by atoms with Gasteiger partial charge in [0.2, 0.25) is 5.91 Å². The Hall–Kier alpha value is -1.62. The zero-order valence-corrected chi connectivity index (χ0v) is 17.2. The van der Waals surface area contributed by atoms with Gasteiger partial charge in [-0.25, -0.2) is 0 Å². The molecule has 0 saturated carbocycles. The van der Waals surface area contributed by atoms with Gasteiger partial charge in [0.1, 0.15) is 0 Å². The number of hydrogen-bond donors (Lipinski definition) is 2. The monoisotopic (exact) mass is 397 g/mol. The molecule has 0 aliphatic rings. The quantitative estimate of drug-likeness (QED) is 0.720. The molecule has 1 aromatic heterocycles. The van der Waals surface area contributed by atoms with Crippen LogP contribution >= 0.6 is 24.8 Å². The molecule has 2 rings (SSSR count). The molecule has 1 unspecified atom stereocenters. The van der Waals surface area contributed by atoms with Crippen molar-refractivity contribution in [1.29, 1.82) is 0 Å². The SMILES string of the molecule is CCC(CC)(CN)C(=O)NC(C)c1ccc(-c2cccnc2)cc1.Cl.Cl. The van der Waals surface area contributed by atoms with Crippen molar-refractivity contribution in [3.05, 3.63) is 54.4 Å². The number of nitrogens with one attached hydrogen (secondary N) is 1. The second-order valence-corrected chi connectivity index (χ2v) is 6.25. The lowest BCUT2D eigenvalue weighted by Crippen LogP contribution is -2.46. The molecular weight excluding hydrogens is 369 g/mol. The minimum Gasteiger partial charge on any atom is -0.349 e. The molecule has 0 aliphatic heterocycles. The predicted molar refractivity (Wildman–Crippen MR) is 113 cm³/mol. The van der Waals surface area contributed by atoms with Crippen LogP contribution in [0.1, 0.15) is 45.2 Å². The van der Waals surface area contributed by atoms with Gasteiger partial charge in [-0.05, 0) is 42.5 Å². The Morgan fingerprint density at radius 2 is 1.73 bits per heavy atom. The van der Waals surface area contributed by atoms with Crippen molar-refractivity contribution in [2.24, 2.45) is 11.1 Å². The largest absolute Gasteiger partial charge is 0.349 e. The van der Waals surface area contributed by atoms with Gasteiger partial charge in [-0.3, -0.25) is 9.78 Å². The molecule has 4 nitrogen and oxygen atoms in total. The average Bonchev–Trinajstić information content (AvgIpc) is 2.64. The van der Waals surface area contributed by atoms with Crippen LogP contribution in [0.5, 0.6) is 0 Å². The molecule has 3 N–H and O–H groups in total. The number of rotatable bonds is 7. The molecule has 26 heavy (non-hydrogen) atoms. The second-order valence-electron chi connectivity index (χ2n) is 6.25. The van der Waals surface area contributed by atoms with Gasteiger partial charge in [0.25, 0.3) is 0 Å². The molecule has 2 aromatic rings. The number of aromatic nitrogens is 1. The molecule has 1 heterocycles. The zero-order valence-electron chi connectivity index (χ0n) is 15.6. The Bertz CT molecular complexity index is 650. The molecular formula is C20H29Cl2N3O. The smallest absolute Gasteiger partial charge is 0.227 e. The Morgan fingerprint density at radius 1 is 1.12 bits per heavy atom. The minimum atomic E-state index is -0.468. The van der Waals surface area contributed by atoms with Crippen molar-refractivity contribution >= 4 is 30.7 Å². The Labute approximate surface area is 168 Å². The van der Waals surface area contributed by atoms with Crippen molar-refractivity contribution in [2.75, 3.05) is 6.54 Å². The molecule has 0 bridgehead atoms. The van der Waals surface area contributed by atoms with Crippen LogP contribution in [-0.2, 0) is 4.79 Å². The number of benzene rings is 1. The van der Waals surface area contributed by atoms with Crippen molar-refractivity contribution < 1.29 is 4.79 Å². The molecule has 0 spiro atoms. The summed E-state index contributed by atoms with van der Waals surface area (Å²) in [7, 11) is 0. The van der Waals surface area contributed by atoms with Gasteiger partial charge in [0.05, 0.1) is 11.5 Å². The van der Waals surface area contributed by atoms with Crippen LogP contribution in [0.3, 0.4) is 0 Å². The molecule has 0 aliphatic carbocycles. The molecule has 6 heteroatoms. The van der Waals surface area contributed by atoms with Crippen LogP contribution in [0.4, 0.5) is 0 Å². The summed E-state index contributed by atoms with van der Waals surface area (Å²) in [4.78, 5) is 16.8. The van der Waals surface area contributed by atoms with E-state index >= 15 is 0 Å². The topological polar surface area (TPSA) is 68.0 Å². The summed E-state index contributed by atoms with van der Waals surface area (Å²) in [5.74, 6) is 0.0406. The lowest BCUT2D eigenvalue weighted by Gasteiger charge is -2.30. The van der Waals surface area contributed by atoms with Crippen LogP contribution in [0.15, 0.2) is 48.8 Å². The number of hydrogen-bond acceptors (Lipinski definition) is 3. The third-order valence-corrected chi connectivity index (χ3v) is 4.98. The highest BCUT2D eigenvalue weighted by Gasteiger charge is 2.33. The summed E-state index contributed by atoms with van der Waals surface area (Å²) in [6.07, 6.45) is 5.11. The van der Waals surface area contributed by atoms with E-state index in [0.717, 1.165) is 29.5 Å². The highest BCUT2D eigenvalue weighted by molar-refractivity contribution is 5.85. The average molecular weight is 398 g/mol. The number of nitrogens with zero attached hydrogens (tertiary/aromatic N) is 1. The lowest BCUT2D eigenvalue weighted by molar-refractivity contribution is -0.131. The molecule has 0 fully saturated rings. The summed E-state index contributed by atoms with van der Waals surface area (Å²) >= 11 is 0. The van der Waals surface area contributed by atoms with E-state index < -0.39 is 5.41 Å². The molecule has 0 radical (unpaired) electrons. The fourth-order valence-corrected chi connectivity index (χ4v) is 2.88. The van der Waals surface area contributed by atoms with Gasteiger partial charge < -0.3 is 11.1 Å². The van der Waals surface area contributed by atoms with Crippen LogP contribution in [0, 0.1) is 5.41 Å². The van der Waals surface area contributed by atoms with Gasteiger partial charge in [-0.1, -0.05) is 44.2 Å². The Morgan fingerprint density at radius 3 is 2.19 bits per heavy atom. The second kappa shape index (κ2) is 11.2. The number of carbonyl (C=O) groups is 1. The van der Waals surface area contributed by atoms with Gasteiger partial charge in [-0.2, -0.15) is 0 Å². The molecule has 1 aromatic carbocycles. The lowest BCUT2D eigenvalue weighted by atomic mass is 9.81. The van der Waals surface area contributed by atoms with Gasteiger partial charge in [0.15, 0.2) is 0 Å². The van der Waals surface area contributed by atoms with Crippen LogP contribution in [-0.4, -0.2) is 17.4 Å². The van der Waals surface area contributed by atoms with E-state index in [1.54, 1.807) is 6.20 Å². The van der Waals surface area contributed by atoms with E-state index in [2.05, 4.69) is 34.6 Å². The Kier molecular flexibility index (Phi) is 10.5. The molecule has 1 atom stereocenters. The third kappa shape index (κ3) is 5.44. The fourth-order valence-electron chi connectivity index (χ4n) is 2.88. The van der Waals surface area contributed by atoms with Crippen LogP contribution < -0.4 is 11.1 Å². The summed E-state index contributed by atoms with van der Waals surface area (Å²) in [5.41, 5.74) is 8.67. The standard InChI is InChI=1S/C20H27N3O.2ClH/c1-4-20(5-2,14-21)19(24)23-15(3)16-8-10-17(11-9-16)18-7-6-12-22-13-18;;/h6-13,15H,4-5,14,21H2,1-3H3,(H,23,24);2*1H. The van der Waals surface area contributed by atoms with Gasteiger partial charge in [-0.15, -0.1) is 24.8 Å². The normalized spacial score (nSPS) is 11.7. The van der Waals surface area contributed by atoms with Crippen molar-refractivity contribution in [2.45, 2.75) is 39.7 Å². The zero-order chi connectivity index (χ0) is 17.6. The van der Waals surface area contributed by atoms with Crippen molar-refractivity contribution in [3.63, 3.8) is 0 Å². The number of nitrogens with two attached hydrogens (primary N) is 1. The van der Waals surface area contributed by atoms with Gasteiger partial charge in [0, 0.05) is 18.9 Å². The number of amides is 1. The predicted octanol–water partition coefficient (Wildman–Crippen LogP) is 4.53. The van der Waals surface area contributed by atoms with Crippen LogP contribution in [0.25, 0.3) is 11.1 Å². The maximum absolute atomic E-state index is 12.6. The number of pyridine rings is 1. The van der Waals surface area contributed by atoms with Crippen LogP contribution in [0.2, 0.25) is 0 Å². The van der Waals surface area contributed by atoms with E-state index in [0.29, 0.717) is 6.54 Å². The maximum atomic E-state index is 12.6. The fraction of sp³-hybridized carbons (Fsp3) is 0.400. The summed E-state index contributed by atoms with van der Waals surface area (Å²) in [6.45, 7) is 6.41. The van der Waals surface area contributed by atoms with Gasteiger partial charge >= 0.3 is 0 Å². The number of halogens is 2. The molecule has 144 valence electrons. The van der Waals surface area contributed by atoms with E-state index in [1.807, 2.05) is 39.1 Å². The van der Waals surface area contributed by atoms with E-state index in [-0.39, 0.29) is 36.8 Å². The highest BCUT2D eigenvalue weighted by Crippen LogP contribution is 2.27. The molecule has 0 saturated heterocycles. The highest BCUT2D eigenvalue weighted by atomic mass is 35.5. The first kappa shape index (κ1) is 24.4. The third-order valence-electron chi connectivity index (χ3n) is 4.98. The summed E-state index contributed by atoms with van der Waals surface area (Å²) in [5, 5.41) is 3.12.